The van der Waals surface area contributed by atoms with Gasteiger partial charge in [-0.25, -0.2) is 0 Å². The van der Waals surface area contributed by atoms with Crippen LogP contribution in [0.4, 0.5) is 11.4 Å². The molecule has 2 aromatic rings. The van der Waals surface area contributed by atoms with E-state index in [2.05, 4.69) is 66.0 Å². The van der Waals surface area contributed by atoms with Gasteiger partial charge in [-0.05, 0) is 121 Å². The van der Waals surface area contributed by atoms with Gasteiger partial charge in [0.1, 0.15) is 0 Å². The quantitative estimate of drug-likeness (QED) is 0.494. The molecule has 2 amide bonds. The molecule has 6 heteroatoms. The molecule has 0 saturated carbocycles. The third-order valence-electron chi connectivity index (χ3n) is 6.07. The van der Waals surface area contributed by atoms with Crippen molar-refractivity contribution in [1.29, 1.82) is 0 Å². The van der Waals surface area contributed by atoms with Crippen molar-refractivity contribution in [2.45, 2.75) is 79.0 Å². The van der Waals surface area contributed by atoms with E-state index in [0.717, 1.165) is 32.3 Å². The molecular formula is C24H32N2O2S2. The van der Waals surface area contributed by atoms with Crippen LogP contribution in [0.3, 0.4) is 0 Å². The fourth-order valence-electron chi connectivity index (χ4n) is 3.50. The first kappa shape index (κ1) is 24.4. The lowest BCUT2D eigenvalue weighted by molar-refractivity contribution is -0.115. The van der Waals surface area contributed by atoms with Gasteiger partial charge in [-0.1, -0.05) is 0 Å². The van der Waals surface area contributed by atoms with E-state index in [-0.39, 0.29) is 11.8 Å². The molecule has 0 unspecified atom stereocenters. The van der Waals surface area contributed by atoms with Crippen molar-refractivity contribution in [3.8, 4) is 0 Å². The molecule has 2 N–H and O–H groups in total. The van der Waals surface area contributed by atoms with Gasteiger partial charge < -0.3 is 10.6 Å². The standard InChI is InChI=1S/C24H32N2O2S2/c1-11-13(3)17(7)23(21(15(11)5)25-19(9)27)29-30-24-18(8)14(4)12(2)16(6)22(24)26-20(10)28/h1-10H3,(H,25,27)(H,26,28). The summed E-state index contributed by atoms with van der Waals surface area (Å²) in [6.45, 7) is 19.8. The molecule has 0 spiro atoms. The van der Waals surface area contributed by atoms with Crippen molar-refractivity contribution in [1.82, 2.24) is 0 Å². The maximum Gasteiger partial charge on any atom is 0.221 e. The van der Waals surface area contributed by atoms with Gasteiger partial charge in [-0.3, -0.25) is 9.59 Å². The second kappa shape index (κ2) is 9.48. The highest BCUT2D eigenvalue weighted by Crippen LogP contribution is 2.50. The molecular weight excluding hydrogens is 412 g/mol. The summed E-state index contributed by atoms with van der Waals surface area (Å²) < 4.78 is 0. The van der Waals surface area contributed by atoms with E-state index in [1.165, 1.54) is 47.2 Å². The monoisotopic (exact) mass is 444 g/mol. The summed E-state index contributed by atoms with van der Waals surface area (Å²) in [5.41, 5.74) is 11.1. The van der Waals surface area contributed by atoms with Crippen LogP contribution in [-0.2, 0) is 9.59 Å². The zero-order chi connectivity index (χ0) is 22.9. The molecule has 2 aromatic carbocycles. The number of carbonyl (C=O) groups is 2. The maximum absolute atomic E-state index is 11.9. The molecule has 2 rings (SSSR count). The van der Waals surface area contributed by atoms with Crippen LogP contribution in [-0.4, -0.2) is 11.8 Å². The van der Waals surface area contributed by atoms with Crippen LogP contribution < -0.4 is 10.6 Å². The zero-order valence-electron chi connectivity index (χ0n) is 19.6. The van der Waals surface area contributed by atoms with Crippen molar-refractivity contribution in [2.24, 2.45) is 0 Å². The van der Waals surface area contributed by atoms with Crippen LogP contribution in [0.2, 0.25) is 0 Å². The molecule has 0 aliphatic carbocycles. The second-order valence-electron chi connectivity index (χ2n) is 7.94. The second-order valence-corrected chi connectivity index (χ2v) is 10.1. The lowest BCUT2D eigenvalue weighted by Gasteiger charge is -2.23. The highest BCUT2D eigenvalue weighted by Gasteiger charge is 2.21. The summed E-state index contributed by atoms with van der Waals surface area (Å²) >= 11 is 0. The van der Waals surface area contributed by atoms with Crippen LogP contribution in [0, 0.1) is 55.4 Å². The molecule has 30 heavy (non-hydrogen) atoms. The average molecular weight is 445 g/mol. The predicted octanol–water partition coefficient (Wildman–Crippen LogP) is 6.87. The number of nitrogens with one attached hydrogen (secondary N) is 2. The van der Waals surface area contributed by atoms with Crippen molar-refractivity contribution < 1.29 is 9.59 Å². The molecule has 0 aromatic heterocycles. The van der Waals surface area contributed by atoms with E-state index in [9.17, 15) is 9.59 Å². The third-order valence-corrected chi connectivity index (χ3v) is 8.76. The molecule has 0 radical (unpaired) electrons. The van der Waals surface area contributed by atoms with Crippen molar-refractivity contribution in [3.05, 3.63) is 44.5 Å². The average Bonchev–Trinajstić information content (AvgIpc) is 2.67. The SMILES string of the molecule is CC(=O)Nc1c(C)c(C)c(C)c(C)c1SSc1c(C)c(C)c(C)c(C)c1NC(C)=O. The number of benzene rings is 2. The van der Waals surface area contributed by atoms with Gasteiger partial charge in [0.25, 0.3) is 0 Å². The van der Waals surface area contributed by atoms with Crippen molar-refractivity contribution >= 4 is 44.8 Å². The fraction of sp³-hybridized carbons (Fsp3) is 0.417. The lowest BCUT2D eigenvalue weighted by atomic mass is 9.97. The summed E-state index contributed by atoms with van der Waals surface area (Å²) in [6.07, 6.45) is 0. The Morgan fingerprint density at radius 2 is 0.767 bits per heavy atom. The summed E-state index contributed by atoms with van der Waals surface area (Å²) in [6, 6.07) is 0. The van der Waals surface area contributed by atoms with Crippen LogP contribution in [0.5, 0.6) is 0 Å². The Morgan fingerprint density at radius 3 is 1.03 bits per heavy atom. The van der Waals surface area contributed by atoms with Crippen molar-refractivity contribution in [2.75, 3.05) is 10.6 Å². The molecule has 0 saturated heterocycles. The third kappa shape index (κ3) is 4.70. The highest BCUT2D eigenvalue weighted by atomic mass is 33.1. The lowest BCUT2D eigenvalue weighted by Crippen LogP contribution is -2.11. The Balaban J connectivity index is 2.62. The molecule has 0 atom stereocenters. The number of hydrogen-bond donors (Lipinski definition) is 2. The first-order valence-corrected chi connectivity index (χ1v) is 12.1. The fourth-order valence-corrected chi connectivity index (χ4v) is 6.55. The Morgan fingerprint density at radius 1 is 0.500 bits per heavy atom. The van der Waals surface area contributed by atoms with E-state index in [1.807, 2.05) is 0 Å². The number of rotatable bonds is 5. The molecule has 0 aliphatic rings. The molecule has 0 bridgehead atoms. The summed E-state index contributed by atoms with van der Waals surface area (Å²) in [5.74, 6) is -0.158. The normalized spacial score (nSPS) is 10.9. The van der Waals surface area contributed by atoms with Crippen molar-refractivity contribution in [3.63, 3.8) is 0 Å². The van der Waals surface area contributed by atoms with E-state index in [0.29, 0.717) is 0 Å². The van der Waals surface area contributed by atoms with Gasteiger partial charge in [0, 0.05) is 23.6 Å². The molecule has 162 valence electrons. The van der Waals surface area contributed by atoms with E-state index in [1.54, 1.807) is 21.6 Å². The zero-order valence-corrected chi connectivity index (χ0v) is 21.3. The first-order chi connectivity index (χ1) is 13.9. The molecule has 0 aliphatic heterocycles. The first-order valence-electron chi connectivity index (χ1n) is 9.98. The Hall–Kier alpha value is -1.92. The molecule has 0 fully saturated rings. The van der Waals surface area contributed by atoms with Crippen LogP contribution >= 0.6 is 21.6 Å². The Kier molecular flexibility index (Phi) is 7.69. The summed E-state index contributed by atoms with van der Waals surface area (Å²) in [4.78, 5) is 25.9. The smallest absolute Gasteiger partial charge is 0.221 e. The topological polar surface area (TPSA) is 58.2 Å². The summed E-state index contributed by atoms with van der Waals surface area (Å²) in [5, 5.41) is 6.07. The summed E-state index contributed by atoms with van der Waals surface area (Å²) in [7, 11) is 3.27. The molecule has 4 nitrogen and oxygen atoms in total. The Labute approximate surface area is 188 Å². The maximum atomic E-state index is 11.9. The number of hydrogen-bond acceptors (Lipinski definition) is 4. The predicted molar refractivity (Wildman–Crippen MR) is 131 cm³/mol. The van der Waals surface area contributed by atoms with E-state index in [4.69, 9.17) is 0 Å². The van der Waals surface area contributed by atoms with Gasteiger partial charge in [0.15, 0.2) is 0 Å². The Bertz CT molecular complexity index is 959. The molecule has 0 heterocycles. The number of carbonyl (C=O) groups excluding carboxylic acids is 2. The largest absolute Gasteiger partial charge is 0.325 e. The van der Waals surface area contributed by atoms with Crippen LogP contribution in [0.25, 0.3) is 0 Å². The minimum atomic E-state index is -0.0789. The van der Waals surface area contributed by atoms with Crippen LogP contribution in [0.15, 0.2) is 9.79 Å². The van der Waals surface area contributed by atoms with Gasteiger partial charge in [0.05, 0.1) is 11.4 Å². The van der Waals surface area contributed by atoms with Gasteiger partial charge in [-0.15, -0.1) is 0 Å². The van der Waals surface area contributed by atoms with E-state index >= 15 is 0 Å². The number of amides is 2. The van der Waals surface area contributed by atoms with E-state index < -0.39 is 0 Å². The highest BCUT2D eigenvalue weighted by molar-refractivity contribution is 8.76. The van der Waals surface area contributed by atoms with Gasteiger partial charge in [-0.2, -0.15) is 0 Å². The minimum absolute atomic E-state index is 0.0789. The van der Waals surface area contributed by atoms with Gasteiger partial charge >= 0.3 is 0 Å². The van der Waals surface area contributed by atoms with Gasteiger partial charge in [0.2, 0.25) is 11.8 Å². The van der Waals surface area contributed by atoms with Crippen LogP contribution in [0.1, 0.15) is 58.4 Å². The minimum Gasteiger partial charge on any atom is -0.325 e. The number of anilines is 2.